The van der Waals surface area contributed by atoms with E-state index in [0.29, 0.717) is 36.4 Å². The second-order valence-electron chi connectivity index (χ2n) is 22.3. The Balaban J connectivity index is 1.34. The van der Waals surface area contributed by atoms with E-state index in [1.54, 1.807) is 13.8 Å². The lowest BCUT2D eigenvalue weighted by atomic mass is 9.33. The molecule has 0 heterocycles. The Morgan fingerprint density at radius 2 is 1.63 bits per heavy atom. The molecule has 1 aromatic rings. The van der Waals surface area contributed by atoms with Crippen molar-refractivity contribution in [3.63, 3.8) is 0 Å². The van der Waals surface area contributed by atoms with Gasteiger partial charge in [0, 0.05) is 55.4 Å². The number of rotatable bonds is 14. The van der Waals surface area contributed by atoms with Gasteiger partial charge < -0.3 is 19.5 Å². The number of ether oxygens (including phenoxy) is 2. The molecule has 5 aliphatic rings. The van der Waals surface area contributed by atoms with Crippen LogP contribution in [0.3, 0.4) is 0 Å². The van der Waals surface area contributed by atoms with Crippen LogP contribution in [0.1, 0.15) is 139 Å². The minimum absolute atomic E-state index is 0.000408. The van der Waals surface area contributed by atoms with Gasteiger partial charge in [-0.05, 0) is 148 Å². The third-order valence-electron chi connectivity index (χ3n) is 17.4. The van der Waals surface area contributed by atoms with Crippen LogP contribution in [-0.2, 0) is 35.2 Å². The van der Waals surface area contributed by atoms with E-state index < -0.39 is 28.9 Å². The minimum atomic E-state index is -1.18. The second kappa shape index (κ2) is 16.7. The fourth-order valence-electron chi connectivity index (χ4n) is 14.1. The van der Waals surface area contributed by atoms with Crippen LogP contribution in [0.2, 0.25) is 5.02 Å². The zero-order valence-corrected chi connectivity index (χ0v) is 39.6. The standard InChI is InChI=1S/C50H75ClN2O7/c1-31(2)42-36(55)27-50(40(59-32(3)54)30-53(25-24-52(11)12)29-33-14-13-15-34(51)26-33)23-22-48(9)35(43(42)50)16-17-38-47(8)20-19-39(60-41(56)28-45(4,5)44(57)58)46(6,7)37(47)18-21-49(38,48)10/h13-15,26,31,35,37-40H,16-25,27-30H2,1-12H3,(H,57,58)/t35-,37?,38-,39+,40-,47+,48-,49-,50?/m1/s1. The number of ketones is 1. The molecular weight excluding hydrogens is 776 g/mol. The fourth-order valence-corrected chi connectivity index (χ4v) is 14.3. The van der Waals surface area contributed by atoms with E-state index in [2.05, 4.69) is 78.4 Å². The first-order valence-electron chi connectivity index (χ1n) is 22.8. The molecule has 6 rings (SSSR count). The van der Waals surface area contributed by atoms with Crippen molar-refractivity contribution in [1.29, 1.82) is 0 Å². The molecule has 1 N–H and O–H groups in total. The maximum atomic E-state index is 14.6. The number of carbonyl (C=O) groups is 4. The maximum absolute atomic E-state index is 14.6. The molecule has 9 atom stereocenters. The minimum Gasteiger partial charge on any atom is -0.481 e. The first-order valence-corrected chi connectivity index (χ1v) is 23.2. The molecule has 9 nitrogen and oxygen atoms in total. The molecule has 60 heavy (non-hydrogen) atoms. The molecular formula is C50H75ClN2O7. The zero-order valence-electron chi connectivity index (χ0n) is 38.8. The van der Waals surface area contributed by atoms with Crippen molar-refractivity contribution in [2.24, 2.45) is 56.2 Å². The lowest BCUT2D eigenvalue weighted by Gasteiger charge is -2.72. The molecule has 0 aromatic heterocycles. The van der Waals surface area contributed by atoms with Crippen molar-refractivity contribution in [1.82, 2.24) is 9.80 Å². The Hall–Kier alpha value is -2.75. The average Bonchev–Trinajstić information content (AvgIpc) is 3.44. The first kappa shape index (κ1) is 46.7. The van der Waals surface area contributed by atoms with Crippen LogP contribution in [0, 0.1) is 56.2 Å². The van der Waals surface area contributed by atoms with Crippen LogP contribution in [0.25, 0.3) is 0 Å². The van der Waals surface area contributed by atoms with E-state index in [0.717, 1.165) is 75.6 Å². The number of hydrogen-bond acceptors (Lipinski definition) is 8. The van der Waals surface area contributed by atoms with E-state index in [-0.39, 0.29) is 57.8 Å². The summed E-state index contributed by atoms with van der Waals surface area (Å²) in [6, 6.07) is 7.98. The second-order valence-corrected chi connectivity index (χ2v) is 22.8. The molecule has 4 saturated carbocycles. The van der Waals surface area contributed by atoms with Crippen molar-refractivity contribution in [3.8, 4) is 0 Å². The highest BCUT2D eigenvalue weighted by Gasteiger charge is 2.71. The topological polar surface area (TPSA) is 113 Å². The van der Waals surface area contributed by atoms with Gasteiger partial charge in [0.25, 0.3) is 0 Å². The van der Waals surface area contributed by atoms with Crippen molar-refractivity contribution < 1.29 is 33.8 Å². The van der Waals surface area contributed by atoms with Crippen LogP contribution >= 0.6 is 11.6 Å². The van der Waals surface area contributed by atoms with Gasteiger partial charge in [0.15, 0.2) is 5.78 Å². The molecule has 2 unspecified atom stereocenters. The predicted octanol–water partition coefficient (Wildman–Crippen LogP) is 10.0. The van der Waals surface area contributed by atoms with Crippen molar-refractivity contribution in [2.75, 3.05) is 33.7 Å². The molecule has 0 amide bonds. The Morgan fingerprint density at radius 1 is 0.933 bits per heavy atom. The van der Waals surface area contributed by atoms with Crippen LogP contribution in [0.15, 0.2) is 35.4 Å². The van der Waals surface area contributed by atoms with Crippen LogP contribution in [0.5, 0.6) is 0 Å². The summed E-state index contributed by atoms with van der Waals surface area (Å²) in [5, 5.41) is 10.4. The van der Waals surface area contributed by atoms with Crippen LogP contribution in [0.4, 0.5) is 0 Å². The zero-order chi connectivity index (χ0) is 44.4. The number of esters is 2. The molecule has 0 bridgehead atoms. The molecule has 10 heteroatoms. The first-order chi connectivity index (χ1) is 27.8. The lowest BCUT2D eigenvalue weighted by molar-refractivity contribution is -0.235. The number of carboxylic acids is 1. The summed E-state index contributed by atoms with van der Waals surface area (Å²) in [6.45, 7) is 24.0. The van der Waals surface area contributed by atoms with E-state index in [9.17, 15) is 24.3 Å². The number of likely N-dealkylation sites (N-methyl/N-ethyl adjacent to an activating group) is 1. The van der Waals surface area contributed by atoms with E-state index in [4.69, 9.17) is 21.1 Å². The Bertz CT molecular complexity index is 1870. The third kappa shape index (κ3) is 8.15. The number of carboxylic acid groups (broad SMARTS) is 1. The maximum Gasteiger partial charge on any atom is 0.309 e. The van der Waals surface area contributed by atoms with Crippen LogP contribution < -0.4 is 0 Å². The number of halogens is 1. The van der Waals surface area contributed by atoms with Crippen molar-refractivity contribution in [2.45, 2.75) is 152 Å². The number of Topliss-reactive ketones (excluding diaryl/α,β-unsaturated/α-hetero) is 1. The van der Waals surface area contributed by atoms with Gasteiger partial charge in [0.2, 0.25) is 0 Å². The summed E-state index contributed by atoms with van der Waals surface area (Å²) in [5.41, 5.74) is 1.30. The predicted molar refractivity (Wildman–Crippen MR) is 236 cm³/mol. The van der Waals surface area contributed by atoms with Crippen LogP contribution in [-0.4, -0.2) is 84.5 Å². The van der Waals surface area contributed by atoms with Gasteiger partial charge in [-0.2, -0.15) is 0 Å². The summed E-state index contributed by atoms with van der Waals surface area (Å²) in [5.74, 6) is -0.472. The monoisotopic (exact) mass is 851 g/mol. The Labute approximate surface area is 365 Å². The highest BCUT2D eigenvalue weighted by molar-refractivity contribution is 6.30. The van der Waals surface area contributed by atoms with Gasteiger partial charge in [0.1, 0.15) is 12.2 Å². The summed E-state index contributed by atoms with van der Waals surface area (Å²) < 4.78 is 12.7. The molecule has 0 spiro atoms. The smallest absolute Gasteiger partial charge is 0.309 e. The molecule has 0 aliphatic heterocycles. The molecule has 4 fully saturated rings. The fraction of sp³-hybridized carbons (Fsp3) is 0.760. The number of carbonyl (C=O) groups excluding carboxylic acids is 3. The number of allylic oxidation sites excluding steroid dienone is 1. The number of nitrogens with zero attached hydrogens (tertiary/aromatic N) is 2. The summed E-state index contributed by atoms with van der Waals surface area (Å²) in [4.78, 5) is 57.4. The number of aliphatic carboxylic acids is 1. The molecule has 5 aliphatic carbocycles. The highest BCUT2D eigenvalue weighted by Crippen LogP contribution is 2.77. The summed E-state index contributed by atoms with van der Waals surface area (Å²) in [7, 11) is 4.15. The Morgan fingerprint density at radius 3 is 2.25 bits per heavy atom. The number of benzene rings is 1. The largest absolute Gasteiger partial charge is 0.481 e. The van der Waals surface area contributed by atoms with E-state index >= 15 is 0 Å². The number of hydrogen-bond donors (Lipinski definition) is 1. The summed E-state index contributed by atoms with van der Waals surface area (Å²) in [6.07, 6.45) is 7.08. The quantitative estimate of drug-likeness (QED) is 0.183. The molecule has 0 radical (unpaired) electrons. The highest BCUT2D eigenvalue weighted by atomic mass is 35.5. The SMILES string of the molecule is CC(=O)O[C@H](CN(CCN(C)C)Cc1cccc(Cl)c1)C12CC[C@]3(C)[C@H](CC[C@@H]4[C@@]5(C)CC[C@H](OC(=O)CC(C)(C)C(=O)O)C(C)(C)C5CC[C@]43C)C1=C(C(C)C)C(=O)C2. The van der Waals surface area contributed by atoms with Gasteiger partial charge in [0.05, 0.1) is 11.8 Å². The van der Waals surface area contributed by atoms with Crippen molar-refractivity contribution in [3.05, 3.63) is 46.0 Å². The van der Waals surface area contributed by atoms with Gasteiger partial charge >= 0.3 is 17.9 Å². The normalized spacial score (nSPS) is 34.2. The van der Waals surface area contributed by atoms with Crippen molar-refractivity contribution >= 4 is 35.3 Å². The third-order valence-corrected chi connectivity index (χ3v) is 17.6. The molecule has 1 aromatic carbocycles. The number of fused-ring (bicyclic) bond motifs is 7. The van der Waals surface area contributed by atoms with Gasteiger partial charge in [-0.25, -0.2) is 0 Å². The Kier molecular flexibility index (Phi) is 13.0. The molecule has 0 saturated heterocycles. The summed E-state index contributed by atoms with van der Waals surface area (Å²) >= 11 is 6.46. The van der Waals surface area contributed by atoms with Gasteiger partial charge in [-0.15, -0.1) is 0 Å². The average molecular weight is 852 g/mol. The lowest BCUT2D eigenvalue weighted by Crippen LogP contribution is -2.66. The van der Waals surface area contributed by atoms with E-state index in [1.165, 1.54) is 12.5 Å². The van der Waals surface area contributed by atoms with E-state index in [1.807, 2.05) is 18.2 Å². The molecule has 334 valence electrons. The van der Waals surface area contributed by atoms with Gasteiger partial charge in [-0.1, -0.05) is 72.2 Å². The van der Waals surface area contributed by atoms with Gasteiger partial charge in [-0.3, -0.25) is 24.1 Å².